The van der Waals surface area contributed by atoms with Crippen molar-refractivity contribution in [2.24, 2.45) is 0 Å². The molecular formula is C21H19N3O2S. The molecule has 0 spiro atoms. The van der Waals surface area contributed by atoms with Crippen LogP contribution < -0.4 is 5.32 Å². The summed E-state index contributed by atoms with van der Waals surface area (Å²) in [7, 11) is 0. The van der Waals surface area contributed by atoms with Crippen LogP contribution in [0.15, 0.2) is 84.9 Å². The number of nitro groups is 1. The Labute approximate surface area is 163 Å². The van der Waals surface area contributed by atoms with Crippen molar-refractivity contribution in [3.05, 3.63) is 106 Å². The molecule has 0 amide bonds. The van der Waals surface area contributed by atoms with Gasteiger partial charge in [-0.25, -0.2) is 0 Å². The maximum Gasteiger partial charge on any atom is 0.271 e. The number of hydrogen-bond donors (Lipinski definition) is 1. The monoisotopic (exact) mass is 377 g/mol. The van der Waals surface area contributed by atoms with Crippen molar-refractivity contribution in [3.63, 3.8) is 0 Å². The van der Waals surface area contributed by atoms with E-state index in [0.717, 1.165) is 11.1 Å². The van der Waals surface area contributed by atoms with Crippen molar-refractivity contribution in [1.29, 1.82) is 0 Å². The molecule has 3 rings (SSSR count). The number of nitrogens with zero attached hydrogens (tertiary/aromatic N) is 2. The van der Waals surface area contributed by atoms with Crippen LogP contribution in [0.1, 0.15) is 11.1 Å². The van der Waals surface area contributed by atoms with E-state index in [2.05, 4.69) is 5.32 Å². The smallest absolute Gasteiger partial charge is 0.271 e. The van der Waals surface area contributed by atoms with Crippen molar-refractivity contribution in [2.75, 3.05) is 5.32 Å². The molecule has 0 aromatic heterocycles. The van der Waals surface area contributed by atoms with Gasteiger partial charge in [-0.1, -0.05) is 66.7 Å². The first-order chi connectivity index (χ1) is 13.1. The fourth-order valence-corrected chi connectivity index (χ4v) is 2.95. The van der Waals surface area contributed by atoms with Gasteiger partial charge in [-0.15, -0.1) is 0 Å². The number of hydrogen-bond acceptors (Lipinski definition) is 3. The summed E-state index contributed by atoms with van der Waals surface area (Å²) in [6.07, 6.45) is 0. The highest BCUT2D eigenvalue weighted by atomic mass is 32.1. The Bertz CT molecular complexity index is 875. The minimum atomic E-state index is -0.417. The summed E-state index contributed by atoms with van der Waals surface area (Å²) in [5, 5.41) is 14.6. The summed E-state index contributed by atoms with van der Waals surface area (Å²) >= 11 is 5.61. The summed E-state index contributed by atoms with van der Waals surface area (Å²) in [5.74, 6) is 0. The topological polar surface area (TPSA) is 58.4 Å². The molecule has 3 aromatic carbocycles. The van der Waals surface area contributed by atoms with Crippen molar-refractivity contribution in [3.8, 4) is 0 Å². The van der Waals surface area contributed by atoms with E-state index in [1.165, 1.54) is 12.1 Å². The third-order valence-electron chi connectivity index (χ3n) is 4.03. The molecule has 0 radical (unpaired) electrons. The normalized spacial score (nSPS) is 10.2. The Kier molecular flexibility index (Phi) is 6.12. The molecule has 0 aliphatic rings. The average Bonchev–Trinajstić information content (AvgIpc) is 2.69. The Morgan fingerprint density at radius 2 is 1.44 bits per heavy atom. The molecule has 0 heterocycles. The van der Waals surface area contributed by atoms with Crippen molar-refractivity contribution < 1.29 is 4.92 Å². The molecule has 136 valence electrons. The second kappa shape index (κ2) is 8.91. The van der Waals surface area contributed by atoms with E-state index in [1.54, 1.807) is 12.1 Å². The van der Waals surface area contributed by atoms with Crippen LogP contribution in [-0.2, 0) is 13.1 Å². The Hall–Kier alpha value is -3.25. The van der Waals surface area contributed by atoms with Gasteiger partial charge >= 0.3 is 0 Å². The molecule has 6 heteroatoms. The SMILES string of the molecule is O=[N+]([O-])c1cccc(NC(=S)N(Cc2ccccc2)Cc2ccccc2)c1. The maximum atomic E-state index is 11.0. The van der Waals surface area contributed by atoms with Gasteiger partial charge in [-0.2, -0.15) is 0 Å². The first-order valence-corrected chi connectivity index (χ1v) is 8.91. The third-order valence-corrected chi connectivity index (χ3v) is 4.39. The van der Waals surface area contributed by atoms with Gasteiger partial charge in [0.15, 0.2) is 5.11 Å². The zero-order valence-electron chi connectivity index (χ0n) is 14.6. The molecule has 5 nitrogen and oxygen atoms in total. The lowest BCUT2D eigenvalue weighted by molar-refractivity contribution is -0.384. The second-order valence-electron chi connectivity index (χ2n) is 6.06. The Morgan fingerprint density at radius 3 is 1.96 bits per heavy atom. The number of benzene rings is 3. The molecule has 3 aromatic rings. The zero-order chi connectivity index (χ0) is 19.1. The van der Waals surface area contributed by atoms with Gasteiger partial charge in [0.25, 0.3) is 5.69 Å². The molecule has 0 fully saturated rings. The minimum Gasteiger partial charge on any atom is -0.340 e. The van der Waals surface area contributed by atoms with Crippen LogP contribution in [0.25, 0.3) is 0 Å². The number of anilines is 1. The van der Waals surface area contributed by atoms with Gasteiger partial charge < -0.3 is 10.2 Å². The van der Waals surface area contributed by atoms with Crippen LogP contribution in [0, 0.1) is 10.1 Å². The molecule has 0 aliphatic heterocycles. The predicted octanol–water partition coefficient (Wildman–Crippen LogP) is 4.99. The summed E-state index contributed by atoms with van der Waals surface area (Å²) in [4.78, 5) is 12.6. The van der Waals surface area contributed by atoms with E-state index >= 15 is 0 Å². The van der Waals surface area contributed by atoms with E-state index < -0.39 is 4.92 Å². The third kappa shape index (κ3) is 5.36. The van der Waals surface area contributed by atoms with Gasteiger partial charge in [0.1, 0.15) is 0 Å². The van der Waals surface area contributed by atoms with Crippen molar-refractivity contribution in [1.82, 2.24) is 4.90 Å². The second-order valence-corrected chi connectivity index (χ2v) is 6.45. The van der Waals surface area contributed by atoms with Crippen LogP contribution in [-0.4, -0.2) is 14.9 Å². The van der Waals surface area contributed by atoms with E-state index in [-0.39, 0.29) is 5.69 Å². The van der Waals surface area contributed by atoms with Crippen LogP contribution in [0.5, 0.6) is 0 Å². The number of nitrogens with one attached hydrogen (secondary N) is 1. The predicted molar refractivity (Wildman–Crippen MR) is 111 cm³/mol. The van der Waals surface area contributed by atoms with E-state index in [4.69, 9.17) is 12.2 Å². The first-order valence-electron chi connectivity index (χ1n) is 8.50. The number of non-ortho nitro benzene ring substituents is 1. The van der Waals surface area contributed by atoms with Crippen molar-refractivity contribution in [2.45, 2.75) is 13.1 Å². The van der Waals surface area contributed by atoms with Crippen molar-refractivity contribution >= 4 is 28.7 Å². The zero-order valence-corrected chi connectivity index (χ0v) is 15.4. The fraction of sp³-hybridized carbons (Fsp3) is 0.0952. The van der Waals surface area contributed by atoms with E-state index in [0.29, 0.717) is 23.9 Å². The van der Waals surface area contributed by atoms with Gasteiger partial charge in [0.05, 0.1) is 4.92 Å². The average molecular weight is 377 g/mol. The van der Waals surface area contributed by atoms with Crippen LogP contribution in [0.3, 0.4) is 0 Å². The molecule has 0 bridgehead atoms. The molecule has 0 atom stereocenters. The highest BCUT2D eigenvalue weighted by Crippen LogP contribution is 2.19. The Morgan fingerprint density at radius 1 is 0.889 bits per heavy atom. The molecule has 27 heavy (non-hydrogen) atoms. The first kappa shape index (κ1) is 18.5. The van der Waals surface area contributed by atoms with Gasteiger partial charge in [-0.05, 0) is 29.4 Å². The molecule has 0 unspecified atom stereocenters. The van der Waals surface area contributed by atoms with Crippen LogP contribution in [0.4, 0.5) is 11.4 Å². The van der Waals surface area contributed by atoms with E-state index in [9.17, 15) is 10.1 Å². The summed E-state index contributed by atoms with van der Waals surface area (Å²) in [6, 6.07) is 26.5. The molecule has 0 saturated carbocycles. The quantitative estimate of drug-likeness (QED) is 0.372. The number of nitro benzene ring substituents is 1. The van der Waals surface area contributed by atoms with Gasteiger partial charge in [0.2, 0.25) is 0 Å². The highest BCUT2D eigenvalue weighted by molar-refractivity contribution is 7.80. The lowest BCUT2D eigenvalue weighted by Crippen LogP contribution is -2.33. The van der Waals surface area contributed by atoms with Crippen LogP contribution in [0.2, 0.25) is 0 Å². The fourth-order valence-electron chi connectivity index (χ4n) is 2.71. The molecule has 0 aliphatic carbocycles. The number of rotatable bonds is 6. The largest absolute Gasteiger partial charge is 0.340 e. The summed E-state index contributed by atoms with van der Waals surface area (Å²) in [6.45, 7) is 1.27. The summed E-state index contributed by atoms with van der Waals surface area (Å²) < 4.78 is 0. The molecule has 0 saturated heterocycles. The number of thiocarbonyl (C=S) groups is 1. The lowest BCUT2D eigenvalue weighted by atomic mass is 10.2. The lowest BCUT2D eigenvalue weighted by Gasteiger charge is -2.26. The molecular weight excluding hydrogens is 358 g/mol. The highest BCUT2D eigenvalue weighted by Gasteiger charge is 2.13. The maximum absolute atomic E-state index is 11.0. The van der Waals surface area contributed by atoms with Gasteiger partial charge in [-0.3, -0.25) is 10.1 Å². The molecule has 1 N–H and O–H groups in total. The van der Waals surface area contributed by atoms with Crippen LogP contribution >= 0.6 is 12.2 Å². The van der Waals surface area contributed by atoms with E-state index in [1.807, 2.05) is 65.6 Å². The standard InChI is InChI=1S/C21H19N3O2S/c25-24(26)20-13-7-12-19(14-20)22-21(27)23(15-17-8-3-1-4-9-17)16-18-10-5-2-6-11-18/h1-14H,15-16H2,(H,22,27). The Balaban J connectivity index is 1.79. The minimum absolute atomic E-state index is 0.0282. The van der Waals surface area contributed by atoms with Gasteiger partial charge in [0, 0.05) is 30.9 Å². The summed E-state index contributed by atoms with van der Waals surface area (Å²) in [5.41, 5.74) is 2.90.